The summed E-state index contributed by atoms with van der Waals surface area (Å²) in [5, 5.41) is 20.3. The van der Waals surface area contributed by atoms with E-state index in [1.807, 2.05) is 60.7 Å². The maximum atomic E-state index is 10.1. The predicted molar refractivity (Wildman–Crippen MR) is 183 cm³/mol. The number of nitrogens with zero attached hydrogens (tertiary/aromatic N) is 2. The van der Waals surface area contributed by atoms with Crippen LogP contribution in [-0.4, -0.2) is 49.1 Å². The van der Waals surface area contributed by atoms with Gasteiger partial charge >= 0.3 is 0 Å². The second kappa shape index (κ2) is 14.9. The van der Waals surface area contributed by atoms with Crippen molar-refractivity contribution < 1.29 is 24.4 Å². The van der Waals surface area contributed by atoms with Crippen LogP contribution in [0.5, 0.6) is 23.0 Å². The largest absolute Gasteiger partial charge is 0.507 e. The van der Waals surface area contributed by atoms with Crippen molar-refractivity contribution in [3.63, 3.8) is 0 Å². The summed E-state index contributed by atoms with van der Waals surface area (Å²) >= 11 is 0. The number of para-hydroxylation sites is 2. The summed E-state index contributed by atoms with van der Waals surface area (Å²) in [5.74, 6) is 1.62. The average molecular weight is 609 g/mol. The Hall–Kier alpha value is -4.62. The molecule has 0 amide bonds. The third kappa shape index (κ3) is 9.68. The van der Waals surface area contributed by atoms with Crippen LogP contribution < -0.4 is 9.47 Å². The number of hydrogen-bond donors (Lipinski definition) is 2. The van der Waals surface area contributed by atoms with Gasteiger partial charge in [0.05, 0.1) is 13.2 Å². The van der Waals surface area contributed by atoms with Gasteiger partial charge in [0.1, 0.15) is 47.6 Å². The van der Waals surface area contributed by atoms with Gasteiger partial charge < -0.3 is 24.4 Å². The van der Waals surface area contributed by atoms with Crippen molar-refractivity contribution >= 4 is 23.8 Å². The van der Waals surface area contributed by atoms with Gasteiger partial charge in [0.2, 0.25) is 0 Å². The van der Waals surface area contributed by atoms with Crippen LogP contribution in [0.1, 0.15) is 63.8 Å². The Morgan fingerprint density at radius 3 is 1.33 bits per heavy atom. The lowest BCUT2D eigenvalue weighted by atomic mass is 9.87. The van der Waals surface area contributed by atoms with Gasteiger partial charge in [0.25, 0.3) is 0 Å². The van der Waals surface area contributed by atoms with Gasteiger partial charge in [-0.1, -0.05) is 77.9 Å². The normalized spacial score (nSPS) is 12.2. The van der Waals surface area contributed by atoms with Crippen molar-refractivity contribution in [2.45, 2.75) is 52.4 Å². The lowest BCUT2D eigenvalue weighted by Crippen LogP contribution is -2.13. The number of rotatable bonds is 12. The van der Waals surface area contributed by atoms with Gasteiger partial charge in [-0.2, -0.15) is 0 Å². The van der Waals surface area contributed by atoms with Gasteiger partial charge in [0.15, 0.2) is 0 Å². The Balaban J connectivity index is 1.34. The first-order valence-corrected chi connectivity index (χ1v) is 15.2. The summed E-state index contributed by atoms with van der Waals surface area (Å²) < 4.78 is 17.9. The van der Waals surface area contributed by atoms with Crippen LogP contribution >= 0.6 is 0 Å². The Kier molecular flexibility index (Phi) is 11.0. The Morgan fingerprint density at radius 1 is 0.556 bits per heavy atom. The van der Waals surface area contributed by atoms with Crippen molar-refractivity contribution in [2.24, 2.45) is 9.98 Å². The average Bonchev–Trinajstić information content (AvgIpc) is 2.99. The maximum absolute atomic E-state index is 10.1. The molecule has 0 aromatic heterocycles. The lowest BCUT2D eigenvalue weighted by Gasteiger charge is -2.20. The fraction of sp³-hybridized carbons (Fsp3) is 0.316. The molecule has 0 heterocycles. The molecule has 0 aliphatic carbocycles. The third-order valence-corrected chi connectivity index (χ3v) is 7.18. The van der Waals surface area contributed by atoms with Gasteiger partial charge in [-0.3, -0.25) is 9.98 Å². The first kappa shape index (κ1) is 33.3. The number of phenolic OH excluding ortho intramolecular Hbond substituents is 2. The molecule has 0 radical (unpaired) electrons. The molecule has 7 heteroatoms. The van der Waals surface area contributed by atoms with E-state index in [2.05, 4.69) is 51.5 Å². The van der Waals surface area contributed by atoms with E-state index in [0.29, 0.717) is 60.4 Å². The fourth-order valence-electron chi connectivity index (χ4n) is 4.41. The quantitative estimate of drug-likeness (QED) is 0.124. The number of aromatic hydroxyl groups is 2. The van der Waals surface area contributed by atoms with Crippen LogP contribution in [0, 0.1) is 0 Å². The molecule has 4 aromatic rings. The first-order valence-electron chi connectivity index (χ1n) is 15.2. The zero-order chi connectivity index (χ0) is 32.5. The van der Waals surface area contributed by atoms with Crippen LogP contribution in [0.2, 0.25) is 0 Å². The molecular formula is C38H44N2O5. The van der Waals surface area contributed by atoms with E-state index < -0.39 is 0 Å². The molecule has 4 rings (SSSR count). The molecule has 0 saturated carbocycles. The zero-order valence-corrected chi connectivity index (χ0v) is 27.1. The Morgan fingerprint density at radius 2 is 0.956 bits per heavy atom. The molecule has 0 bridgehead atoms. The molecule has 0 unspecified atom stereocenters. The lowest BCUT2D eigenvalue weighted by molar-refractivity contribution is 0.0767. The standard InChI is InChI=1S/C38H44N2O5/c1-37(2,3)29-15-17-35(31(23-29)39-25-27-11-7-9-13-33(27)41)44-21-19-43-20-22-45-36-18-16-30(38(4,5)6)24-32(36)40-26-28-12-8-10-14-34(28)42/h7-18,23-26,41-42H,19-22H2,1-6H3. The molecule has 0 fully saturated rings. The Labute approximate surface area is 266 Å². The Bertz CT molecular complexity index is 1510. The van der Waals surface area contributed by atoms with E-state index in [-0.39, 0.29) is 22.3 Å². The molecule has 0 atom stereocenters. The molecule has 236 valence electrons. The van der Waals surface area contributed by atoms with E-state index in [1.165, 1.54) is 0 Å². The number of ether oxygens (including phenoxy) is 3. The highest BCUT2D eigenvalue weighted by Gasteiger charge is 2.17. The highest BCUT2D eigenvalue weighted by molar-refractivity contribution is 5.86. The highest BCUT2D eigenvalue weighted by atomic mass is 16.5. The van der Waals surface area contributed by atoms with Gasteiger partial charge in [-0.25, -0.2) is 0 Å². The van der Waals surface area contributed by atoms with Crippen LogP contribution in [0.15, 0.2) is 94.9 Å². The van der Waals surface area contributed by atoms with Crippen molar-refractivity contribution in [3.8, 4) is 23.0 Å². The molecule has 0 aliphatic rings. The molecular weight excluding hydrogens is 564 g/mol. The smallest absolute Gasteiger partial charge is 0.145 e. The van der Waals surface area contributed by atoms with E-state index in [9.17, 15) is 10.2 Å². The number of aliphatic imine (C=N–C) groups is 2. The molecule has 4 aromatic carbocycles. The number of hydrogen-bond acceptors (Lipinski definition) is 7. The minimum Gasteiger partial charge on any atom is -0.507 e. The summed E-state index contributed by atoms with van der Waals surface area (Å²) in [6.07, 6.45) is 3.29. The van der Waals surface area contributed by atoms with E-state index in [0.717, 1.165) is 11.1 Å². The monoisotopic (exact) mass is 608 g/mol. The molecule has 7 nitrogen and oxygen atoms in total. The molecule has 0 aliphatic heterocycles. The molecule has 0 spiro atoms. The summed E-state index contributed by atoms with van der Waals surface area (Å²) in [6.45, 7) is 14.3. The van der Waals surface area contributed by atoms with Crippen molar-refractivity contribution in [1.29, 1.82) is 0 Å². The van der Waals surface area contributed by atoms with E-state index in [4.69, 9.17) is 14.2 Å². The predicted octanol–water partition coefficient (Wildman–Crippen LogP) is 8.67. The van der Waals surface area contributed by atoms with E-state index in [1.54, 1.807) is 36.7 Å². The molecule has 45 heavy (non-hydrogen) atoms. The van der Waals surface area contributed by atoms with Crippen molar-refractivity contribution in [3.05, 3.63) is 107 Å². The minimum absolute atomic E-state index is 0.0532. The zero-order valence-electron chi connectivity index (χ0n) is 27.1. The first-order chi connectivity index (χ1) is 21.4. The fourth-order valence-corrected chi connectivity index (χ4v) is 4.41. The van der Waals surface area contributed by atoms with Gasteiger partial charge in [0, 0.05) is 23.6 Å². The SMILES string of the molecule is CC(C)(C)c1ccc(OCCOCCOc2ccc(C(C)(C)C)cc2N=Cc2ccccc2O)c(N=Cc2ccccc2O)c1. The summed E-state index contributed by atoms with van der Waals surface area (Å²) in [6, 6.07) is 26.2. The van der Waals surface area contributed by atoms with Crippen LogP contribution in [0.4, 0.5) is 11.4 Å². The second-order valence-electron chi connectivity index (χ2n) is 12.8. The maximum Gasteiger partial charge on any atom is 0.145 e. The van der Waals surface area contributed by atoms with Crippen LogP contribution in [-0.2, 0) is 15.6 Å². The van der Waals surface area contributed by atoms with Crippen LogP contribution in [0.3, 0.4) is 0 Å². The van der Waals surface area contributed by atoms with E-state index >= 15 is 0 Å². The number of phenols is 2. The van der Waals surface area contributed by atoms with Gasteiger partial charge in [-0.05, 0) is 70.5 Å². The third-order valence-electron chi connectivity index (χ3n) is 7.18. The second-order valence-corrected chi connectivity index (χ2v) is 12.8. The number of benzene rings is 4. The van der Waals surface area contributed by atoms with Crippen LogP contribution in [0.25, 0.3) is 0 Å². The van der Waals surface area contributed by atoms with Crippen molar-refractivity contribution in [2.75, 3.05) is 26.4 Å². The summed E-state index contributed by atoms with van der Waals surface area (Å²) in [7, 11) is 0. The summed E-state index contributed by atoms with van der Waals surface area (Å²) in [4.78, 5) is 9.29. The van der Waals surface area contributed by atoms with Crippen molar-refractivity contribution in [1.82, 2.24) is 0 Å². The van der Waals surface area contributed by atoms with Gasteiger partial charge in [-0.15, -0.1) is 0 Å². The summed E-state index contributed by atoms with van der Waals surface area (Å²) in [5.41, 5.74) is 4.79. The topological polar surface area (TPSA) is 92.9 Å². The molecule has 2 N–H and O–H groups in total. The molecule has 0 saturated heterocycles. The highest BCUT2D eigenvalue weighted by Crippen LogP contribution is 2.35. The minimum atomic E-state index is -0.0532.